The van der Waals surface area contributed by atoms with Crippen LogP contribution in [0.1, 0.15) is 33.1 Å². The molecule has 2 unspecified atom stereocenters. The largest absolute Gasteiger partial charge is 0.123 e. The third kappa shape index (κ3) is 4.77. The van der Waals surface area contributed by atoms with Gasteiger partial charge in [-0.3, -0.25) is 0 Å². The van der Waals surface area contributed by atoms with Crippen LogP contribution in [-0.4, -0.2) is 5.38 Å². The SMILES string of the molecule is [CH2]CC(Cl)CC(C)CC. The topological polar surface area (TPSA) is 0 Å². The number of alkyl halides is 1. The van der Waals surface area contributed by atoms with Crippen molar-refractivity contribution in [2.75, 3.05) is 0 Å². The molecular weight excluding hydrogens is 132 g/mol. The Morgan fingerprint density at radius 2 is 2.11 bits per heavy atom. The minimum atomic E-state index is 0.292. The van der Waals surface area contributed by atoms with Crippen LogP contribution in [0.2, 0.25) is 0 Å². The van der Waals surface area contributed by atoms with Crippen molar-refractivity contribution in [3.8, 4) is 0 Å². The first-order valence-corrected chi connectivity index (χ1v) is 4.07. The molecule has 0 spiro atoms. The standard InChI is InChI=1S/C8H16Cl/c1-4-7(3)6-8(9)5-2/h7-8H,2,4-6H2,1,3H3. The highest BCUT2D eigenvalue weighted by Crippen LogP contribution is 2.15. The molecule has 0 heterocycles. The van der Waals surface area contributed by atoms with Gasteiger partial charge in [0.25, 0.3) is 0 Å². The predicted molar refractivity (Wildman–Crippen MR) is 43.7 cm³/mol. The molecule has 0 saturated heterocycles. The molecule has 0 aromatic rings. The second-order valence-electron chi connectivity index (χ2n) is 2.64. The normalized spacial score (nSPS) is 17.3. The van der Waals surface area contributed by atoms with E-state index in [0.29, 0.717) is 5.38 Å². The quantitative estimate of drug-likeness (QED) is 0.536. The van der Waals surface area contributed by atoms with Crippen molar-refractivity contribution in [3.63, 3.8) is 0 Å². The number of hydrogen-bond acceptors (Lipinski definition) is 0. The second kappa shape index (κ2) is 5.10. The molecule has 0 saturated carbocycles. The van der Waals surface area contributed by atoms with Gasteiger partial charge in [-0.05, 0) is 18.8 Å². The fourth-order valence-corrected chi connectivity index (χ4v) is 1.03. The van der Waals surface area contributed by atoms with Crippen molar-refractivity contribution in [2.45, 2.75) is 38.5 Å². The number of hydrogen-bond donors (Lipinski definition) is 0. The molecule has 9 heavy (non-hydrogen) atoms. The Morgan fingerprint density at radius 3 is 2.44 bits per heavy atom. The maximum Gasteiger partial charge on any atom is 0.0338 e. The summed E-state index contributed by atoms with van der Waals surface area (Å²) in [6.45, 7) is 8.16. The lowest BCUT2D eigenvalue weighted by molar-refractivity contribution is 0.502. The third-order valence-corrected chi connectivity index (χ3v) is 2.06. The molecule has 55 valence electrons. The van der Waals surface area contributed by atoms with E-state index >= 15 is 0 Å². The highest BCUT2D eigenvalue weighted by atomic mass is 35.5. The average Bonchev–Trinajstić information content (AvgIpc) is 1.87. The molecule has 0 aliphatic rings. The third-order valence-electron chi connectivity index (χ3n) is 1.67. The Hall–Kier alpha value is 0.290. The molecule has 1 radical (unpaired) electrons. The molecule has 2 atom stereocenters. The van der Waals surface area contributed by atoms with Gasteiger partial charge in [-0.1, -0.05) is 27.2 Å². The molecule has 0 bridgehead atoms. The molecular formula is C8H16Cl. The Kier molecular flexibility index (Phi) is 5.27. The van der Waals surface area contributed by atoms with Crippen LogP contribution in [0.3, 0.4) is 0 Å². The fourth-order valence-electron chi connectivity index (χ4n) is 0.721. The summed E-state index contributed by atoms with van der Waals surface area (Å²) in [7, 11) is 0. The van der Waals surface area contributed by atoms with Gasteiger partial charge in [0.1, 0.15) is 0 Å². The van der Waals surface area contributed by atoms with Gasteiger partial charge in [0.05, 0.1) is 0 Å². The van der Waals surface area contributed by atoms with E-state index in [2.05, 4.69) is 20.8 Å². The first kappa shape index (κ1) is 9.29. The molecule has 0 nitrogen and oxygen atoms in total. The van der Waals surface area contributed by atoms with Crippen LogP contribution in [0.15, 0.2) is 0 Å². The Balaban J connectivity index is 3.22. The van der Waals surface area contributed by atoms with Gasteiger partial charge in [0.15, 0.2) is 0 Å². The zero-order valence-corrected chi connectivity index (χ0v) is 7.12. The zero-order valence-electron chi connectivity index (χ0n) is 6.36. The Labute approximate surface area is 63.6 Å². The number of rotatable bonds is 4. The molecule has 0 aliphatic heterocycles. The lowest BCUT2D eigenvalue weighted by atomic mass is 10.0. The Bertz CT molecular complexity index is 53.6. The maximum atomic E-state index is 5.88. The minimum Gasteiger partial charge on any atom is -0.123 e. The highest BCUT2D eigenvalue weighted by molar-refractivity contribution is 6.20. The summed E-state index contributed by atoms with van der Waals surface area (Å²) in [4.78, 5) is 0. The van der Waals surface area contributed by atoms with Crippen molar-refractivity contribution in [1.29, 1.82) is 0 Å². The van der Waals surface area contributed by atoms with Crippen LogP contribution in [-0.2, 0) is 0 Å². The maximum absolute atomic E-state index is 5.88. The van der Waals surface area contributed by atoms with Crippen molar-refractivity contribution in [1.82, 2.24) is 0 Å². The monoisotopic (exact) mass is 147 g/mol. The predicted octanol–water partition coefficient (Wildman–Crippen LogP) is 3.25. The van der Waals surface area contributed by atoms with E-state index in [1.165, 1.54) is 6.42 Å². The van der Waals surface area contributed by atoms with Crippen LogP contribution in [0, 0.1) is 12.8 Å². The molecule has 0 aliphatic carbocycles. The van der Waals surface area contributed by atoms with Crippen LogP contribution in [0.4, 0.5) is 0 Å². The molecule has 0 N–H and O–H groups in total. The number of halogens is 1. The van der Waals surface area contributed by atoms with Gasteiger partial charge in [-0.15, -0.1) is 11.6 Å². The lowest BCUT2D eigenvalue weighted by Crippen LogP contribution is -2.03. The van der Waals surface area contributed by atoms with Gasteiger partial charge in [-0.2, -0.15) is 0 Å². The summed E-state index contributed by atoms with van der Waals surface area (Å²) < 4.78 is 0. The summed E-state index contributed by atoms with van der Waals surface area (Å²) in [5, 5.41) is 0.292. The van der Waals surface area contributed by atoms with E-state index in [0.717, 1.165) is 18.8 Å². The van der Waals surface area contributed by atoms with Crippen molar-refractivity contribution in [3.05, 3.63) is 6.92 Å². The molecule has 0 rings (SSSR count). The van der Waals surface area contributed by atoms with E-state index < -0.39 is 0 Å². The Morgan fingerprint density at radius 1 is 1.56 bits per heavy atom. The van der Waals surface area contributed by atoms with Gasteiger partial charge in [0, 0.05) is 5.38 Å². The lowest BCUT2D eigenvalue weighted by Gasteiger charge is -2.10. The smallest absolute Gasteiger partial charge is 0.0338 e. The van der Waals surface area contributed by atoms with Crippen molar-refractivity contribution < 1.29 is 0 Å². The van der Waals surface area contributed by atoms with E-state index in [4.69, 9.17) is 11.6 Å². The summed E-state index contributed by atoms with van der Waals surface area (Å²) in [5.41, 5.74) is 0. The van der Waals surface area contributed by atoms with E-state index in [1.54, 1.807) is 0 Å². The first-order valence-electron chi connectivity index (χ1n) is 3.64. The van der Waals surface area contributed by atoms with Crippen LogP contribution in [0.25, 0.3) is 0 Å². The average molecular weight is 148 g/mol. The summed E-state index contributed by atoms with van der Waals surface area (Å²) >= 11 is 5.88. The zero-order chi connectivity index (χ0) is 7.28. The van der Waals surface area contributed by atoms with Crippen molar-refractivity contribution >= 4 is 11.6 Å². The summed E-state index contributed by atoms with van der Waals surface area (Å²) in [6.07, 6.45) is 3.19. The van der Waals surface area contributed by atoms with Gasteiger partial charge >= 0.3 is 0 Å². The highest BCUT2D eigenvalue weighted by Gasteiger charge is 2.05. The molecule has 0 aromatic carbocycles. The van der Waals surface area contributed by atoms with E-state index in [9.17, 15) is 0 Å². The summed E-state index contributed by atoms with van der Waals surface area (Å²) in [5.74, 6) is 0.759. The molecule has 0 fully saturated rings. The van der Waals surface area contributed by atoms with Crippen LogP contribution >= 0.6 is 11.6 Å². The van der Waals surface area contributed by atoms with Crippen molar-refractivity contribution in [2.24, 2.45) is 5.92 Å². The van der Waals surface area contributed by atoms with E-state index in [1.807, 2.05) is 0 Å². The first-order chi connectivity index (χ1) is 4.20. The van der Waals surface area contributed by atoms with Crippen LogP contribution < -0.4 is 0 Å². The minimum absolute atomic E-state index is 0.292. The van der Waals surface area contributed by atoms with Crippen LogP contribution in [0.5, 0.6) is 0 Å². The molecule has 0 aromatic heterocycles. The summed E-state index contributed by atoms with van der Waals surface area (Å²) in [6, 6.07) is 0. The van der Waals surface area contributed by atoms with E-state index in [-0.39, 0.29) is 0 Å². The van der Waals surface area contributed by atoms with Gasteiger partial charge in [0.2, 0.25) is 0 Å². The molecule has 1 heteroatoms. The van der Waals surface area contributed by atoms with Gasteiger partial charge in [-0.25, -0.2) is 0 Å². The fraction of sp³-hybridized carbons (Fsp3) is 0.875. The second-order valence-corrected chi connectivity index (χ2v) is 3.25. The molecule has 0 amide bonds. The van der Waals surface area contributed by atoms with Gasteiger partial charge < -0.3 is 0 Å².